The van der Waals surface area contributed by atoms with Crippen LogP contribution in [0.1, 0.15) is 11.4 Å². The summed E-state index contributed by atoms with van der Waals surface area (Å²) in [5.41, 5.74) is 2.65. The molecule has 0 saturated carbocycles. The van der Waals surface area contributed by atoms with Crippen molar-refractivity contribution < 1.29 is 4.98 Å². The van der Waals surface area contributed by atoms with Crippen molar-refractivity contribution in [3.8, 4) is 6.07 Å². The Morgan fingerprint density at radius 2 is 2.10 bits per heavy atom. The molecule has 0 radical (unpaired) electrons. The van der Waals surface area contributed by atoms with E-state index in [1.54, 1.807) is 6.33 Å². The number of aromatic amines is 2. The van der Waals surface area contributed by atoms with Crippen molar-refractivity contribution in [2.24, 2.45) is 0 Å². The van der Waals surface area contributed by atoms with Gasteiger partial charge in [0.05, 0.1) is 0 Å². The first-order valence-corrected chi connectivity index (χ1v) is 6.31. The summed E-state index contributed by atoms with van der Waals surface area (Å²) in [6.07, 6.45) is 2.56. The second-order valence-electron chi connectivity index (χ2n) is 4.33. The lowest BCUT2D eigenvalue weighted by Gasteiger charge is -2.04. The molecule has 0 unspecified atom stereocenters. The highest BCUT2D eigenvalue weighted by Gasteiger charge is 2.14. The van der Waals surface area contributed by atoms with Crippen LogP contribution in [-0.4, -0.2) is 21.5 Å². The van der Waals surface area contributed by atoms with Crippen LogP contribution in [0.2, 0.25) is 0 Å². The average Bonchev–Trinajstić information content (AvgIpc) is 2.96. The molecule has 0 bridgehead atoms. The highest BCUT2D eigenvalue weighted by molar-refractivity contribution is 5.80. The minimum atomic E-state index is 0.149. The third-order valence-electron chi connectivity index (χ3n) is 2.98. The van der Waals surface area contributed by atoms with Crippen LogP contribution in [0.15, 0.2) is 36.7 Å². The summed E-state index contributed by atoms with van der Waals surface area (Å²) in [7, 11) is 0. The van der Waals surface area contributed by atoms with E-state index in [0.29, 0.717) is 11.5 Å². The van der Waals surface area contributed by atoms with Crippen LogP contribution in [0.3, 0.4) is 0 Å². The van der Waals surface area contributed by atoms with Crippen molar-refractivity contribution in [1.82, 2.24) is 15.0 Å². The number of fused-ring (bicyclic) bond motifs is 1. The van der Waals surface area contributed by atoms with E-state index in [0.717, 1.165) is 18.5 Å². The van der Waals surface area contributed by atoms with Gasteiger partial charge in [0.15, 0.2) is 18.2 Å². The predicted molar refractivity (Wildman–Crippen MR) is 73.8 cm³/mol. The first kappa shape index (κ1) is 12.1. The van der Waals surface area contributed by atoms with Crippen LogP contribution in [0.4, 0.5) is 5.82 Å². The van der Waals surface area contributed by atoms with Gasteiger partial charge >= 0.3 is 11.5 Å². The Kier molecular flexibility index (Phi) is 3.25. The number of nitriles is 1. The summed E-state index contributed by atoms with van der Waals surface area (Å²) in [4.78, 5) is 14.3. The summed E-state index contributed by atoms with van der Waals surface area (Å²) in [5.74, 6) is 0.791. The van der Waals surface area contributed by atoms with E-state index in [1.165, 1.54) is 5.56 Å². The molecule has 0 saturated heterocycles. The topological polar surface area (TPSA) is 91.5 Å². The Labute approximate surface area is 115 Å². The Morgan fingerprint density at radius 3 is 2.90 bits per heavy atom. The Bertz CT molecular complexity index is 756. The SMILES string of the molecule is N#Cc1nc(NCCc2ccccc2)c2[nH]c[nH+]c2n1. The van der Waals surface area contributed by atoms with E-state index < -0.39 is 0 Å². The molecule has 20 heavy (non-hydrogen) atoms. The monoisotopic (exact) mass is 265 g/mol. The molecule has 3 N–H and O–H groups in total. The fourth-order valence-corrected chi connectivity index (χ4v) is 2.03. The van der Waals surface area contributed by atoms with Crippen molar-refractivity contribution in [2.45, 2.75) is 6.42 Å². The molecule has 0 atom stereocenters. The molecule has 2 heterocycles. The maximum atomic E-state index is 8.94. The van der Waals surface area contributed by atoms with Gasteiger partial charge in [-0.25, -0.2) is 4.98 Å². The fraction of sp³-hybridized carbons (Fsp3) is 0.143. The van der Waals surface area contributed by atoms with Gasteiger partial charge < -0.3 is 5.32 Å². The van der Waals surface area contributed by atoms with Crippen molar-refractivity contribution in [2.75, 3.05) is 11.9 Å². The minimum Gasteiger partial charge on any atom is -0.366 e. The molecule has 0 spiro atoms. The van der Waals surface area contributed by atoms with Crippen LogP contribution in [0, 0.1) is 11.3 Å². The molecule has 0 fully saturated rings. The number of hydrogen-bond donors (Lipinski definition) is 2. The predicted octanol–water partition coefficient (Wildman–Crippen LogP) is 1.30. The molecule has 0 aliphatic carbocycles. The summed E-state index contributed by atoms with van der Waals surface area (Å²) in [6, 6.07) is 12.2. The number of anilines is 1. The number of nitrogens with one attached hydrogen (secondary N) is 3. The molecule has 0 aliphatic rings. The Morgan fingerprint density at radius 1 is 1.25 bits per heavy atom. The average molecular weight is 265 g/mol. The Balaban J connectivity index is 1.77. The van der Waals surface area contributed by atoms with Crippen molar-refractivity contribution in [3.05, 3.63) is 48.0 Å². The summed E-state index contributed by atoms with van der Waals surface area (Å²) < 4.78 is 0. The largest absolute Gasteiger partial charge is 0.366 e. The number of imidazole rings is 1. The van der Waals surface area contributed by atoms with Crippen molar-refractivity contribution >= 4 is 17.0 Å². The first-order chi connectivity index (χ1) is 9.86. The summed E-state index contributed by atoms with van der Waals surface area (Å²) >= 11 is 0. The second-order valence-corrected chi connectivity index (χ2v) is 4.33. The maximum Gasteiger partial charge on any atom is 0.309 e. The van der Waals surface area contributed by atoms with Gasteiger partial charge in [-0.1, -0.05) is 35.3 Å². The first-order valence-electron chi connectivity index (χ1n) is 6.31. The lowest BCUT2D eigenvalue weighted by molar-refractivity contribution is -0.347. The quantitative estimate of drug-likeness (QED) is 0.743. The van der Waals surface area contributed by atoms with Crippen LogP contribution < -0.4 is 10.3 Å². The van der Waals surface area contributed by atoms with E-state index in [1.807, 2.05) is 24.3 Å². The lowest BCUT2D eigenvalue weighted by Crippen LogP contribution is -2.09. The van der Waals surface area contributed by atoms with Gasteiger partial charge in [-0.15, -0.1) is 0 Å². The lowest BCUT2D eigenvalue weighted by atomic mass is 10.1. The Hall–Kier alpha value is -2.94. The second kappa shape index (κ2) is 5.36. The minimum absolute atomic E-state index is 0.149. The smallest absolute Gasteiger partial charge is 0.309 e. The molecule has 6 nitrogen and oxygen atoms in total. The van der Waals surface area contributed by atoms with Gasteiger partial charge in [-0.3, -0.25) is 4.98 Å². The molecular formula is C14H13N6+. The van der Waals surface area contributed by atoms with E-state index in [-0.39, 0.29) is 5.82 Å². The van der Waals surface area contributed by atoms with E-state index in [9.17, 15) is 0 Å². The zero-order valence-corrected chi connectivity index (χ0v) is 10.7. The van der Waals surface area contributed by atoms with E-state index in [4.69, 9.17) is 5.26 Å². The molecule has 3 rings (SSSR count). The van der Waals surface area contributed by atoms with Gasteiger partial charge in [0, 0.05) is 6.54 Å². The fourth-order valence-electron chi connectivity index (χ4n) is 2.03. The highest BCUT2D eigenvalue weighted by Crippen LogP contribution is 2.14. The number of hydrogen-bond acceptors (Lipinski definition) is 4. The van der Waals surface area contributed by atoms with Crippen molar-refractivity contribution in [1.29, 1.82) is 5.26 Å². The zero-order chi connectivity index (χ0) is 13.8. The molecular weight excluding hydrogens is 252 g/mol. The van der Waals surface area contributed by atoms with Gasteiger partial charge in [-0.2, -0.15) is 10.2 Å². The number of rotatable bonds is 4. The number of nitrogens with zero attached hydrogens (tertiary/aromatic N) is 3. The van der Waals surface area contributed by atoms with Crippen LogP contribution in [-0.2, 0) is 6.42 Å². The number of H-pyrrole nitrogens is 2. The van der Waals surface area contributed by atoms with Crippen LogP contribution >= 0.6 is 0 Å². The van der Waals surface area contributed by atoms with E-state index in [2.05, 4.69) is 37.4 Å². The van der Waals surface area contributed by atoms with Gasteiger partial charge in [0.2, 0.25) is 5.52 Å². The molecule has 98 valence electrons. The third-order valence-corrected chi connectivity index (χ3v) is 2.98. The van der Waals surface area contributed by atoms with Gasteiger partial charge in [0.25, 0.3) is 0 Å². The molecule has 3 aromatic rings. The normalized spacial score (nSPS) is 10.3. The van der Waals surface area contributed by atoms with Gasteiger partial charge in [-0.05, 0) is 12.0 Å². The molecule has 0 amide bonds. The maximum absolute atomic E-state index is 8.94. The molecule has 1 aromatic carbocycles. The number of aromatic nitrogens is 4. The van der Waals surface area contributed by atoms with E-state index >= 15 is 0 Å². The molecule has 2 aromatic heterocycles. The summed E-state index contributed by atoms with van der Waals surface area (Å²) in [5, 5.41) is 12.2. The van der Waals surface area contributed by atoms with Gasteiger partial charge in [0.1, 0.15) is 0 Å². The summed E-state index contributed by atoms with van der Waals surface area (Å²) in [6.45, 7) is 0.736. The van der Waals surface area contributed by atoms with Crippen LogP contribution in [0.25, 0.3) is 11.2 Å². The molecule has 6 heteroatoms. The third kappa shape index (κ3) is 2.42. The standard InChI is InChI=1S/C14H12N6/c15-8-11-19-13(12-14(20-11)18-9-17-12)16-7-6-10-4-2-1-3-5-10/h1-5,9H,6-7H2,(H2,16,17,18,19,20)/p+1. The molecule has 0 aliphatic heterocycles. The number of benzene rings is 1. The highest BCUT2D eigenvalue weighted by atomic mass is 15.1. The van der Waals surface area contributed by atoms with Crippen LogP contribution in [0.5, 0.6) is 0 Å². The van der Waals surface area contributed by atoms with Crippen molar-refractivity contribution in [3.63, 3.8) is 0 Å². The zero-order valence-electron chi connectivity index (χ0n) is 10.7.